The summed E-state index contributed by atoms with van der Waals surface area (Å²) in [5.74, 6) is 0. The first-order valence-electron chi connectivity index (χ1n) is 7.20. The second-order valence-corrected chi connectivity index (χ2v) is 5.51. The van der Waals surface area contributed by atoms with Crippen LogP contribution in [0.5, 0.6) is 0 Å². The average Bonchev–Trinajstić information content (AvgIpc) is 2.86. The van der Waals surface area contributed by atoms with Crippen LogP contribution in [0, 0.1) is 6.92 Å². The lowest BCUT2D eigenvalue weighted by atomic mass is 10.0. The summed E-state index contributed by atoms with van der Waals surface area (Å²) in [5, 5.41) is 3.49. The molecule has 0 saturated carbocycles. The van der Waals surface area contributed by atoms with Crippen LogP contribution >= 0.6 is 12.4 Å². The molecule has 1 N–H and O–H groups in total. The van der Waals surface area contributed by atoms with Gasteiger partial charge in [0.25, 0.3) is 0 Å². The molecular formula is C15H23ClN2O2. The summed E-state index contributed by atoms with van der Waals surface area (Å²) in [7, 11) is 0. The van der Waals surface area contributed by atoms with E-state index in [0.717, 1.165) is 30.8 Å². The fourth-order valence-corrected chi connectivity index (χ4v) is 2.97. The molecule has 0 aromatic carbocycles. The van der Waals surface area contributed by atoms with Crippen molar-refractivity contribution in [2.45, 2.75) is 51.0 Å². The quantitative estimate of drug-likeness (QED) is 0.926. The molecule has 1 aromatic rings. The maximum absolute atomic E-state index is 6.06. The molecule has 2 aliphatic rings. The van der Waals surface area contributed by atoms with Crippen LogP contribution in [-0.2, 0) is 16.1 Å². The number of pyridine rings is 1. The topological polar surface area (TPSA) is 43.4 Å². The highest BCUT2D eigenvalue weighted by atomic mass is 35.5. The van der Waals surface area contributed by atoms with Crippen LogP contribution in [0.4, 0.5) is 0 Å². The lowest BCUT2D eigenvalue weighted by Gasteiger charge is -2.32. The summed E-state index contributed by atoms with van der Waals surface area (Å²) in [6.07, 6.45) is 4.10. The van der Waals surface area contributed by atoms with Crippen molar-refractivity contribution in [3.63, 3.8) is 0 Å². The molecule has 0 radical (unpaired) electrons. The van der Waals surface area contributed by atoms with E-state index >= 15 is 0 Å². The first-order valence-corrected chi connectivity index (χ1v) is 7.20. The van der Waals surface area contributed by atoms with Crippen LogP contribution in [0.15, 0.2) is 18.2 Å². The Morgan fingerprint density at radius 1 is 1.35 bits per heavy atom. The van der Waals surface area contributed by atoms with Gasteiger partial charge in [0.15, 0.2) is 0 Å². The summed E-state index contributed by atoms with van der Waals surface area (Å²) >= 11 is 0. The molecule has 0 spiro atoms. The van der Waals surface area contributed by atoms with Gasteiger partial charge in [0.05, 0.1) is 31.1 Å². The van der Waals surface area contributed by atoms with Gasteiger partial charge in [-0.15, -0.1) is 12.4 Å². The summed E-state index contributed by atoms with van der Waals surface area (Å²) in [6, 6.07) is 6.61. The molecule has 3 rings (SSSR count). The van der Waals surface area contributed by atoms with E-state index in [9.17, 15) is 0 Å². The smallest absolute Gasteiger partial charge is 0.0889 e. The number of aryl methyl sites for hydroxylation is 1. The number of halogens is 1. The van der Waals surface area contributed by atoms with E-state index in [2.05, 4.69) is 10.3 Å². The van der Waals surface area contributed by atoms with Crippen LogP contribution in [-0.4, -0.2) is 36.4 Å². The van der Waals surface area contributed by atoms with Crippen LogP contribution in [0.3, 0.4) is 0 Å². The summed E-state index contributed by atoms with van der Waals surface area (Å²) in [6.45, 7) is 4.35. The molecule has 5 heteroatoms. The Hall–Kier alpha value is -0.680. The zero-order chi connectivity index (χ0) is 13.1. The van der Waals surface area contributed by atoms with Crippen molar-refractivity contribution < 1.29 is 9.47 Å². The fraction of sp³-hybridized carbons (Fsp3) is 0.667. The number of hydrogen-bond acceptors (Lipinski definition) is 4. The number of rotatable bonds is 4. The predicted octanol–water partition coefficient (Wildman–Crippen LogP) is 2.24. The highest BCUT2D eigenvalue weighted by Gasteiger charge is 2.34. The molecule has 0 unspecified atom stereocenters. The fourth-order valence-electron chi connectivity index (χ4n) is 2.97. The Kier molecular flexibility index (Phi) is 5.78. The highest BCUT2D eigenvalue weighted by Crippen LogP contribution is 2.25. The Bertz CT molecular complexity index is 430. The molecule has 2 fully saturated rings. The van der Waals surface area contributed by atoms with Crippen molar-refractivity contribution in [2.75, 3.05) is 13.2 Å². The van der Waals surface area contributed by atoms with Gasteiger partial charge in [0.1, 0.15) is 0 Å². The van der Waals surface area contributed by atoms with Crippen molar-refractivity contribution in [1.82, 2.24) is 10.3 Å². The molecule has 20 heavy (non-hydrogen) atoms. The van der Waals surface area contributed by atoms with Crippen LogP contribution in [0.2, 0.25) is 0 Å². The molecule has 0 amide bonds. The standard InChI is InChI=1S/C15H22N2O2.ClH/c1-11-3-2-4-12(17-11)9-18-10-13-5-6-14-15(19-13)7-8-16-14;/h2-4,13-16H,5-10H2,1H3;1H/t13-,14-,15-;/m1./s1. The van der Waals surface area contributed by atoms with E-state index in [4.69, 9.17) is 9.47 Å². The third kappa shape index (κ3) is 3.92. The number of ether oxygens (including phenoxy) is 2. The number of fused-ring (bicyclic) bond motifs is 1. The van der Waals surface area contributed by atoms with Gasteiger partial charge in [-0.1, -0.05) is 6.07 Å². The number of aromatic nitrogens is 1. The predicted molar refractivity (Wildman–Crippen MR) is 80.2 cm³/mol. The minimum atomic E-state index is 0. The van der Waals surface area contributed by atoms with Gasteiger partial charge >= 0.3 is 0 Å². The molecule has 3 atom stereocenters. The van der Waals surface area contributed by atoms with Gasteiger partial charge in [-0.25, -0.2) is 0 Å². The Balaban J connectivity index is 0.00000147. The van der Waals surface area contributed by atoms with Gasteiger partial charge in [-0.3, -0.25) is 4.98 Å². The third-order valence-corrected chi connectivity index (χ3v) is 3.95. The Morgan fingerprint density at radius 2 is 2.25 bits per heavy atom. The van der Waals surface area contributed by atoms with E-state index < -0.39 is 0 Å². The maximum atomic E-state index is 6.06. The molecule has 1 aromatic heterocycles. The molecule has 2 aliphatic heterocycles. The Labute approximate surface area is 126 Å². The molecule has 112 valence electrons. The lowest BCUT2D eigenvalue weighted by molar-refractivity contribution is -0.0911. The minimum absolute atomic E-state index is 0. The first-order chi connectivity index (χ1) is 9.31. The SMILES string of the molecule is Cc1cccc(COC[C@H]2CC[C@H]3NCC[C@H]3O2)n1.Cl. The van der Waals surface area contributed by atoms with Crippen molar-refractivity contribution in [3.05, 3.63) is 29.6 Å². The van der Waals surface area contributed by atoms with Crippen molar-refractivity contribution in [3.8, 4) is 0 Å². The van der Waals surface area contributed by atoms with Crippen LogP contribution < -0.4 is 5.32 Å². The van der Waals surface area contributed by atoms with Gasteiger partial charge < -0.3 is 14.8 Å². The number of nitrogens with zero attached hydrogens (tertiary/aromatic N) is 1. The van der Waals surface area contributed by atoms with E-state index in [1.165, 1.54) is 6.42 Å². The molecular weight excluding hydrogens is 276 g/mol. The van der Waals surface area contributed by atoms with Gasteiger partial charge in [-0.2, -0.15) is 0 Å². The maximum Gasteiger partial charge on any atom is 0.0889 e. The van der Waals surface area contributed by atoms with Crippen LogP contribution in [0.1, 0.15) is 30.7 Å². The third-order valence-electron chi connectivity index (χ3n) is 3.95. The van der Waals surface area contributed by atoms with E-state index in [0.29, 0.717) is 25.4 Å². The largest absolute Gasteiger partial charge is 0.372 e. The molecule has 0 bridgehead atoms. The van der Waals surface area contributed by atoms with Gasteiger partial charge in [0.2, 0.25) is 0 Å². The second-order valence-electron chi connectivity index (χ2n) is 5.51. The van der Waals surface area contributed by atoms with Crippen molar-refractivity contribution in [1.29, 1.82) is 0 Å². The van der Waals surface area contributed by atoms with Gasteiger partial charge in [-0.05, 0) is 44.9 Å². The molecule has 0 aliphatic carbocycles. The van der Waals surface area contributed by atoms with E-state index in [-0.39, 0.29) is 18.5 Å². The summed E-state index contributed by atoms with van der Waals surface area (Å²) < 4.78 is 11.8. The monoisotopic (exact) mass is 298 g/mol. The second kappa shape index (κ2) is 7.36. The normalized spacial score (nSPS) is 28.8. The highest BCUT2D eigenvalue weighted by molar-refractivity contribution is 5.85. The average molecular weight is 299 g/mol. The molecule has 3 heterocycles. The summed E-state index contributed by atoms with van der Waals surface area (Å²) in [4.78, 5) is 4.43. The zero-order valence-corrected chi connectivity index (χ0v) is 12.7. The first kappa shape index (κ1) is 15.7. The van der Waals surface area contributed by atoms with Crippen molar-refractivity contribution in [2.24, 2.45) is 0 Å². The van der Waals surface area contributed by atoms with Gasteiger partial charge in [0, 0.05) is 11.7 Å². The summed E-state index contributed by atoms with van der Waals surface area (Å²) in [5.41, 5.74) is 2.03. The van der Waals surface area contributed by atoms with E-state index in [1.807, 2.05) is 25.1 Å². The zero-order valence-electron chi connectivity index (χ0n) is 11.9. The molecule has 4 nitrogen and oxygen atoms in total. The lowest BCUT2D eigenvalue weighted by Crippen LogP contribution is -2.41. The Morgan fingerprint density at radius 3 is 3.10 bits per heavy atom. The number of nitrogens with one attached hydrogen (secondary N) is 1. The van der Waals surface area contributed by atoms with Crippen LogP contribution in [0.25, 0.3) is 0 Å². The number of hydrogen-bond donors (Lipinski definition) is 1. The van der Waals surface area contributed by atoms with E-state index in [1.54, 1.807) is 0 Å². The minimum Gasteiger partial charge on any atom is -0.372 e. The molecule has 2 saturated heterocycles. The van der Waals surface area contributed by atoms with Crippen molar-refractivity contribution >= 4 is 12.4 Å².